The number of halogens is 2. The van der Waals surface area contributed by atoms with Crippen LogP contribution in [0.5, 0.6) is 0 Å². The van der Waals surface area contributed by atoms with Crippen molar-refractivity contribution in [3.63, 3.8) is 0 Å². The van der Waals surface area contributed by atoms with E-state index in [1.807, 2.05) is 4.90 Å². The standard InChI is InChI=1S/C22H26F2N4O4S/c23-19-5-4-17(13-20(19)24)33(31,32)26-15-12-18(22(29)30)21(25-14-15)28-10-6-16(7-11-28)27-8-2-1-3-9-27/h4-5,12-14,16,26H,1-3,6-11H2,(H,29,30). The van der Waals surface area contributed by atoms with E-state index in [0.29, 0.717) is 31.3 Å². The number of piperidine rings is 2. The second-order valence-corrected chi connectivity index (χ2v) is 10.1. The Hall–Kier alpha value is -2.79. The first-order chi connectivity index (χ1) is 15.7. The van der Waals surface area contributed by atoms with E-state index in [9.17, 15) is 27.1 Å². The summed E-state index contributed by atoms with van der Waals surface area (Å²) in [6, 6.07) is 3.87. The SMILES string of the molecule is O=C(O)c1cc(NS(=O)(=O)c2ccc(F)c(F)c2)cnc1N1CCC(N2CCCCC2)CC1. The van der Waals surface area contributed by atoms with Crippen molar-refractivity contribution in [1.82, 2.24) is 9.88 Å². The summed E-state index contributed by atoms with van der Waals surface area (Å²) < 4.78 is 53.8. The van der Waals surface area contributed by atoms with Crippen molar-refractivity contribution in [3.8, 4) is 0 Å². The molecule has 0 amide bonds. The van der Waals surface area contributed by atoms with Crippen LogP contribution in [0.15, 0.2) is 35.4 Å². The molecular weight excluding hydrogens is 454 g/mol. The molecule has 2 aliphatic rings. The fraction of sp³-hybridized carbons (Fsp3) is 0.455. The molecule has 2 aromatic rings. The highest BCUT2D eigenvalue weighted by Crippen LogP contribution is 2.28. The van der Waals surface area contributed by atoms with Crippen molar-refractivity contribution in [2.45, 2.75) is 43.0 Å². The summed E-state index contributed by atoms with van der Waals surface area (Å²) in [6.07, 6.45) is 6.75. The third-order valence-electron chi connectivity index (χ3n) is 6.22. The lowest BCUT2D eigenvalue weighted by molar-refractivity contribution is 0.0697. The molecule has 1 aromatic heterocycles. The lowest BCUT2D eigenvalue weighted by Crippen LogP contribution is -2.47. The number of nitrogens with zero attached hydrogens (tertiary/aromatic N) is 3. The summed E-state index contributed by atoms with van der Waals surface area (Å²) in [5.41, 5.74) is -0.207. The van der Waals surface area contributed by atoms with Crippen LogP contribution in [-0.2, 0) is 10.0 Å². The van der Waals surface area contributed by atoms with E-state index < -0.39 is 32.5 Å². The van der Waals surface area contributed by atoms with Gasteiger partial charge in [0.1, 0.15) is 11.4 Å². The number of rotatable bonds is 6. The minimum atomic E-state index is -4.26. The molecule has 0 radical (unpaired) electrons. The van der Waals surface area contributed by atoms with E-state index in [0.717, 1.165) is 32.0 Å². The Morgan fingerprint density at radius 2 is 1.73 bits per heavy atom. The number of hydrogen-bond donors (Lipinski definition) is 2. The predicted molar refractivity (Wildman–Crippen MR) is 119 cm³/mol. The lowest BCUT2D eigenvalue weighted by atomic mass is 9.99. The van der Waals surface area contributed by atoms with Crippen molar-refractivity contribution in [1.29, 1.82) is 0 Å². The van der Waals surface area contributed by atoms with Crippen molar-refractivity contribution < 1.29 is 27.1 Å². The van der Waals surface area contributed by atoms with Gasteiger partial charge in [-0.05, 0) is 63.0 Å². The molecule has 11 heteroatoms. The first-order valence-electron chi connectivity index (χ1n) is 10.9. The molecule has 0 bridgehead atoms. The minimum absolute atomic E-state index is 0.0796. The predicted octanol–water partition coefficient (Wildman–Crippen LogP) is 3.31. The van der Waals surface area contributed by atoms with Gasteiger partial charge in [-0.2, -0.15) is 0 Å². The second kappa shape index (κ2) is 9.60. The van der Waals surface area contributed by atoms with Gasteiger partial charge in [0.05, 0.1) is 16.8 Å². The van der Waals surface area contributed by atoms with Crippen molar-refractivity contribution in [3.05, 3.63) is 47.7 Å². The third kappa shape index (κ3) is 5.25. The van der Waals surface area contributed by atoms with Gasteiger partial charge in [-0.25, -0.2) is 27.0 Å². The van der Waals surface area contributed by atoms with Gasteiger partial charge in [-0.1, -0.05) is 6.42 Å². The molecule has 0 saturated carbocycles. The minimum Gasteiger partial charge on any atom is -0.478 e. The maximum Gasteiger partial charge on any atom is 0.339 e. The molecular formula is C22H26F2N4O4S. The van der Waals surface area contributed by atoms with Gasteiger partial charge >= 0.3 is 5.97 Å². The normalized spacial score (nSPS) is 18.3. The molecule has 8 nitrogen and oxygen atoms in total. The average Bonchev–Trinajstić information content (AvgIpc) is 2.81. The molecule has 2 aliphatic heterocycles. The van der Waals surface area contributed by atoms with Gasteiger partial charge in [0, 0.05) is 19.1 Å². The Morgan fingerprint density at radius 1 is 1.03 bits per heavy atom. The molecule has 0 aliphatic carbocycles. The first kappa shape index (κ1) is 23.4. The van der Waals surface area contributed by atoms with Gasteiger partial charge < -0.3 is 14.9 Å². The highest BCUT2D eigenvalue weighted by atomic mass is 32.2. The number of nitrogens with one attached hydrogen (secondary N) is 1. The fourth-order valence-corrected chi connectivity index (χ4v) is 5.55. The number of anilines is 2. The molecule has 2 N–H and O–H groups in total. The molecule has 33 heavy (non-hydrogen) atoms. The topological polar surface area (TPSA) is 103 Å². The number of carboxylic acids is 1. The van der Waals surface area contributed by atoms with E-state index in [2.05, 4.69) is 14.6 Å². The number of pyridine rings is 1. The van der Waals surface area contributed by atoms with Crippen LogP contribution in [0.1, 0.15) is 42.5 Å². The monoisotopic (exact) mass is 480 g/mol. The van der Waals surface area contributed by atoms with Crippen LogP contribution < -0.4 is 9.62 Å². The van der Waals surface area contributed by atoms with E-state index in [-0.39, 0.29) is 17.1 Å². The summed E-state index contributed by atoms with van der Waals surface area (Å²) in [5.74, 6) is -3.41. The Kier molecular flexibility index (Phi) is 6.80. The molecule has 178 valence electrons. The van der Waals surface area contributed by atoms with E-state index in [1.165, 1.54) is 31.5 Å². The Bertz CT molecular complexity index is 1130. The Labute approximate surface area is 191 Å². The van der Waals surface area contributed by atoms with Crippen molar-refractivity contribution >= 4 is 27.5 Å². The number of hydrogen-bond acceptors (Lipinski definition) is 6. The molecule has 0 spiro atoms. The fourth-order valence-electron chi connectivity index (χ4n) is 4.51. The number of carbonyl (C=O) groups is 1. The van der Waals surface area contributed by atoms with Crippen molar-refractivity contribution in [2.24, 2.45) is 0 Å². The largest absolute Gasteiger partial charge is 0.478 e. The van der Waals surface area contributed by atoms with Gasteiger partial charge in [0.15, 0.2) is 11.6 Å². The van der Waals surface area contributed by atoms with Crippen LogP contribution >= 0.6 is 0 Å². The molecule has 2 saturated heterocycles. The zero-order chi connectivity index (χ0) is 23.6. The number of aromatic carboxylic acids is 1. The third-order valence-corrected chi connectivity index (χ3v) is 7.60. The number of sulfonamides is 1. The first-order valence-corrected chi connectivity index (χ1v) is 12.4. The highest BCUT2D eigenvalue weighted by Gasteiger charge is 2.28. The summed E-state index contributed by atoms with van der Waals surface area (Å²) in [5, 5.41) is 9.72. The quantitative estimate of drug-likeness (QED) is 0.654. The van der Waals surface area contributed by atoms with Gasteiger partial charge in [-0.3, -0.25) is 4.72 Å². The summed E-state index contributed by atoms with van der Waals surface area (Å²) >= 11 is 0. The zero-order valence-corrected chi connectivity index (χ0v) is 18.8. The Balaban J connectivity index is 1.50. The maximum absolute atomic E-state index is 13.5. The maximum atomic E-state index is 13.5. The van der Waals surface area contributed by atoms with Crippen LogP contribution in [0.2, 0.25) is 0 Å². The van der Waals surface area contributed by atoms with E-state index in [4.69, 9.17) is 0 Å². The summed E-state index contributed by atoms with van der Waals surface area (Å²) in [7, 11) is -4.26. The van der Waals surface area contributed by atoms with E-state index >= 15 is 0 Å². The van der Waals surface area contributed by atoms with Crippen LogP contribution in [-0.4, -0.2) is 61.6 Å². The highest BCUT2D eigenvalue weighted by molar-refractivity contribution is 7.92. The number of aromatic nitrogens is 1. The van der Waals surface area contributed by atoms with Gasteiger partial charge in [0.25, 0.3) is 10.0 Å². The molecule has 3 heterocycles. The molecule has 0 atom stereocenters. The molecule has 4 rings (SSSR count). The number of carboxylic acid groups (broad SMARTS) is 1. The van der Waals surface area contributed by atoms with Crippen LogP contribution in [0.3, 0.4) is 0 Å². The number of likely N-dealkylation sites (tertiary alicyclic amines) is 1. The van der Waals surface area contributed by atoms with Crippen molar-refractivity contribution in [2.75, 3.05) is 35.8 Å². The van der Waals surface area contributed by atoms with E-state index in [1.54, 1.807) is 0 Å². The van der Waals surface area contributed by atoms with Gasteiger partial charge in [0.2, 0.25) is 0 Å². The zero-order valence-electron chi connectivity index (χ0n) is 18.0. The molecule has 1 aromatic carbocycles. The Morgan fingerprint density at radius 3 is 2.36 bits per heavy atom. The summed E-state index contributed by atoms with van der Waals surface area (Å²) in [6.45, 7) is 3.54. The van der Waals surface area contributed by atoms with Gasteiger partial charge in [-0.15, -0.1) is 0 Å². The van der Waals surface area contributed by atoms with Crippen LogP contribution in [0.4, 0.5) is 20.3 Å². The summed E-state index contributed by atoms with van der Waals surface area (Å²) in [4.78, 5) is 20.1. The van der Waals surface area contributed by atoms with Crippen LogP contribution in [0.25, 0.3) is 0 Å². The molecule has 2 fully saturated rings. The number of benzene rings is 1. The smallest absolute Gasteiger partial charge is 0.339 e. The van der Waals surface area contributed by atoms with Crippen LogP contribution in [0, 0.1) is 11.6 Å². The lowest BCUT2D eigenvalue weighted by Gasteiger charge is -2.40. The second-order valence-electron chi connectivity index (χ2n) is 8.40. The molecule has 0 unspecified atom stereocenters. The average molecular weight is 481 g/mol.